The van der Waals surface area contributed by atoms with Gasteiger partial charge in [-0.1, -0.05) is 0 Å². The van der Waals surface area contributed by atoms with Crippen molar-refractivity contribution in [2.45, 2.75) is 6.61 Å². The Labute approximate surface area is 118 Å². The first-order valence-corrected chi connectivity index (χ1v) is 5.78. The Bertz CT molecular complexity index is 741. The van der Waals surface area contributed by atoms with Gasteiger partial charge in [0.25, 0.3) is 0 Å². The molecule has 0 spiro atoms. The fourth-order valence-corrected chi connectivity index (χ4v) is 1.57. The molecule has 0 fully saturated rings. The van der Waals surface area contributed by atoms with E-state index in [1.807, 2.05) is 6.07 Å². The third-order valence-corrected chi connectivity index (χ3v) is 2.62. The number of carbonyl (C=O) groups is 1. The van der Waals surface area contributed by atoms with Crippen molar-refractivity contribution >= 4 is 11.7 Å². The minimum atomic E-state index is -1.06. The molecule has 0 radical (unpaired) electrons. The number of pyridine rings is 1. The maximum absolute atomic E-state index is 13.5. The van der Waals surface area contributed by atoms with Gasteiger partial charge in [0.2, 0.25) is 0 Å². The van der Waals surface area contributed by atoms with E-state index < -0.39 is 23.2 Å². The van der Waals surface area contributed by atoms with E-state index in [0.717, 1.165) is 6.07 Å². The van der Waals surface area contributed by atoms with Crippen molar-refractivity contribution in [3.8, 4) is 6.07 Å². The molecule has 0 aliphatic heterocycles. The number of ether oxygens (including phenoxy) is 1. The number of hydrogen-bond acceptors (Lipinski definition) is 5. The van der Waals surface area contributed by atoms with Gasteiger partial charge >= 0.3 is 5.97 Å². The Kier molecular flexibility index (Phi) is 4.09. The molecule has 0 unspecified atom stereocenters. The zero-order chi connectivity index (χ0) is 15.4. The number of nitrogens with zero attached hydrogens (tertiary/aromatic N) is 2. The SMILES string of the molecule is N#Cc1cc(COC(=O)c2cc(N)c(F)cc2F)ccn1. The van der Waals surface area contributed by atoms with Crippen molar-refractivity contribution in [1.29, 1.82) is 5.26 Å². The summed E-state index contributed by atoms with van der Waals surface area (Å²) in [5.41, 5.74) is 5.16. The maximum atomic E-state index is 13.5. The first-order valence-electron chi connectivity index (χ1n) is 5.78. The molecule has 0 atom stereocenters. The number of nitriles is 1. The summed E-state index contributed by atoms with van der Waals surface area (Å²) in [5.74, 6) is -2.98. The number of halogens is 2. The molecule has 106 valence electrons. The molecule has 0 amide bonds. The van der Waals surface area contributed by atoms with Crippen LogP contribution in [-0.4, -0.2) is 11.0 Å². The highest BCUT2D eigenvalue weighted by molar-refractivity contribution is 5.90. The third kappa shape index (κ3) is 3.30. The maximum Gasteiger partial charge on any atom is 0.341 e. The van der Waals surface area contributed by atoms with Crippen molar-refractivity contribution in [1.82, 2.24) is 4.98 Å². The number of anilines is 1. The van der Waals surface area contributed by atoms with Crippen LogP contribution in [0.25, 0.3) is 0 Å². The van der Waals surface area contributed by atoms with Gasteiger partial charge in [0, 0.05) is 12.3 Å². The normalized spacial score (nSPS) is 9.95. The lowest BCUT2D eigenvalue weighted by molar-refractivity contribution is 0.0467. The van der Waals surface area contributed by atoms with Gasteiger partial charge in [0.1, 0.15) is 30.0 Å². The molecule has 0 bridgehead atoms. The second-order valence-corrected chi connectivity index (χ2v) is 4.09. The molecule has 0 saturated carbocycles. The van der Waals surface area contributed by atoms with Gasteiger partial charge < -0.3 is 10.5 Å². The van der Waals surface area contributed by atoms with Crippen LogP contribution in [0.4, 0.5) is 14.5 Å². The first kappa shape index (κ1) is 14.4. The van der Waals surface area contributed by atoms with Crippen LogP contribution in [0.15, 0.2) is 30.5 Å². The van der Waals surface area contributed by atoms with Crippen LogP contribution in [0.2, 0.25) is 0 Å². The van der Waals surface area contributed by atoms with Crippen molar-refractivity contribution < 1.29 is 18.3 Å². The molecule has 0 aliphatic carbocycles. The summed E-state index contributed by atoms with van der Waals surface area (Å²) in [6.45, 7) is -0.174. The highest BCUT2D eigenvalue weighted by Crippen LogP contribution is 2.18. The standard InChI is InChI=1S/C14H9F2N3O2/c15-11-5-12(16)13(18)4-10(11)14(20)21-7-8-1-2-19-9(3-8)6-17/h1-5H,7,18H2. The zero-order valence-corrected chi connectivity index (χ0v) is 10.6. The molecule has 2 N–H and O–H groups in total. The molecular formula is C14H9F2N3O2. The lowest BCUT2D eigenvalue weighted by Gasteiger charge is -2.07. The molecule has 2 aromatic rings. The third-order valence-electron chi connectivity index (χ3n) is 2.62. The van der Waals surface area contributed by atoms with Crippen LogP contribution in [0.1, 0.15) is 21.6 Å². The van der Waals surface area contributed by atoms with E-state index in [1.165, 1.54) is 12.3 Å². The molecule has 21 heavy (non-hydrogen) atoms. The number of esters is 1. The lowest BCUT2D eigenvalue weighted by Crippen LogP contribution is -2.09. The number of benzene rings is 1. The van der Waals surface area contributed by atoms with Gasteiger partial charge in [-0.3, -0.25) is 0 Å². The Morgan fingerprint density at radius 1 is 1.33 bits per heavy atom. The van der Waals surface area contributed by atoms with Gasteiger partial charge in [0.05, 0.1) is 11.3 Å². The molecule has 1 heterocycles. The van der Waals surface area contributed by atoms with Gasteiger partial charge in [-0.25, -0.2) is 18.6 Å². The van der Waals surface area contributed by atoms with Crippen molar-refractivity contribution in [3.63, 3.8) is 0 Å². The Balaban J connectivity index is 2.12. The minimum absolute atomic E-state index is 0.167. The van der Waals surface area contributed by atoms with Crippen LogP contribution in [0.3, 0.4) is 0 Å². The average molecular weight is 289 g/mol. The lowest BCUT2D eigenvalue weighted by atomic mass is 10.2. The van der Waals surface area contributed by atoms with E-state index in [-0.39, 0.29) is 18.0 Å². The topological polar surface area (TPSA) is 89.0 Å². The highest BCUT2D eigenvalue weighted by atomic mass is 19.1. The molecule has 1 aromatic heterocycles. The fourth-order valence-electron chi connectivity index (χ4n) is 1.57. The molecule has 0 aliphatic rings. The average Bonchev–Trinajstić information content (AvgIpc) is 2.48. The molecule has 2 rings (SSSR count). The van der Waals surface area contributed by atoms with Crippen LogP contribution in [0.5, 0.6) is 0 Å². The molecule has 7 heteroatoms. The van der Waals surface area contributed by atoms with Crippen LogP contribution in [-0.2, 0) is 11.3 Å². The van der Waals surface area contributed by atoms with Crippen LogP contribution in [0, 0.1) is 23.0 Å². The minimum Gasteiger partial charge on any atom is -0.457 e. The van der Waals surface area contributed by atoms with Crippen LogP contribution < -0.4 is 5.73 Å². The largest absolute Gasteiger partial charge is 0.457 e. The summed E-state index contributed by atoms with van der Waals surface area (Å²) in [6, 6.07) is 6.21. The van der Waals surface area contributed by atoms with E-state index in [0.29, 0.717) is 11.6 Å². The summed E-state index contributed by atoms with van der Waals surface area (Å²) < 4.78 is 31.4. The van der Waals surface area contributed by atoms with Gasteiger partial charge in [-0.05, 0) is 23.8 Å². The summed E-state index contributed by atoms with van der Waals surface area (Å²) in [4.78, 5) is 15.5. The second kappa shape index (κ2) is 5.96. The monoisotopic (exact) mass is 289 g/mol. The smallest absolute Gasteiger partial charge is 0.341 e. The summed E-state index contributed by atoms with van der Waals surface area (Å²) >= 11 is 0. The zero-order valence-electron chi connectivity index (χ0n) is 10.6. The number of rotatable bonds is 3. The van der Waals surface area contributed by atoms with Crippen LogP contribution >= 0.6 is 0 Å². The molecule has 5 nitrogen and oxygen atoms in total. The van der Waals surface area contributed by atoms with E-state index in [4.69, 9.17) is 15.7 Å². The molecule has 0 saturated heterocycles. The summed E-state index contributed by atoms with van der Waals surface area (Å²) in [7, 11) is 0. The predicted octanol–water partition coefficient (Wildman–Crippen LogP) is 2.17. The molecular weight excluding hydrogens is 280 g/mol. The van der Waals surface area contributed by atoms with E-state index >= 15 is 0 Å². The Hall–Kier alpha value is -3.01. The van der Waals surface area contributed by atoms with Crippen molar-refractivity contribution in [3.05, 3.63) is 58.9 Å². The number of nitrogen functional groups attached to an aromatic ring is 1. The van der Waals surface area contributed by atoms with E-state index in [1.54, 1.807) is 6.07 Å². The highest BCUT2D eigenvalue weighted by Gasteiger charge is 2.16. The number of aromatic nitrogens is 1. The van der Waals surface area contributed by atoms with E-state index in [9.17, 15) is 13.6 Å². The Morgan fingerprint density at radius 2 is 2.10 bits per heavy atom. The quantitative estimate of drug-likeness (QED) is 0.691. The van der Waals surface area contributed by atoms with Gasteiger partial charge in [0.15, 0.2) is 0 Å². The summed E-state index contributed by atoms with van der Waals surface area (Å²) in [6.07, 6.45) is 1.39. The summed E-state index contributed by atoms with van der Waals surface area (Å²) in [5, 5.41) is 8.69. The molecule has 1 aromatic carbocycles. The fraction of sp³-hybridized carbons (Fsp3) is 0.0714. The van der Waals surface area contributed by atoms with Crippen molar-refractivity contribution in [2.24, 2.45) is 0 Å². The number of carbonyl (C=O) groups excluding carboxylic acids is 1. The number of hydrogen-bond donors (Lipinski definition) is 1. The van der Waals surface area contributed by atoms with Gasteiger partial charge in [-0.2, -0.15) is 5.26 Å². The van der Waals surface area contributed by atoms with E-state index in [2.05, 4.69) is 4.98 Å². The predicted molar refractivity (Wildman–Crippen MR) is 68.8 cm³/mol. The van der Waals surface area contributed by atoms with Crippen molar-refractivity contribution in [2.75, 3.05) is 5.73 Å². The van der Waals surface area contributed by atoms with Gasteiger partial charge in [-0.15, -0.1) is 0 Å². The number of nitrogens with two attached hydrogens (primary N) is 1. The first-order chi connectivity index (χ1) is 10.0. The second-order valence-electron chi connectivity index (χ2n) is 4.09. The Morgan fingerprint density at radius 3 is 2.81 bits per heavy atom.